The van der Waals surface area contributed by atoms with Crippen LogP contribution in [0.2, 0.25) is 5.02 Å². The summed E-state index contributed by atoms with van der Waals surface area (Å²) in [5.74, 6) is -0.800. The van der Waals surface area contributed by atoms with Crippen LogP contribution >= 0.6 is 11.6 Å². The molecule has 18 heavy (non-hydrogen) atoms. The number of nitrogens with zero attached hydrogens (tertiary/aromatic N) is 1. The number of carbonyl (C=O) groups excluding carboxylic acids is 1. The van der Waals surface area contributed by atoms with E-state index in [0.717, 1.165) is 12.8 Å². The fourth-order valence-corrected chi connectivity index (χ4v) is 2.40. The summed E-state index contributed by atoms with van der Waals surface area (Å²) in [6, 6.07) is 4.35. The third kappa shape index (κ3) is 2.82. The number of piperidine rings is 1. The van der Waals surface area contributed by atoms with Crippen molar-refractivity contribution in [1.82, 2.24) is 10.2 Å². The van der Waals surface area contributed by atoms with Gasteiger partial charge in [0, 0.05) is 24.2 Å². The van der Waals surface area contributed by atoms with E-state index in [1.165, 1.54) is 18.2 Å². The first kappa shape index (κ1) is 13.3. The Morgan fingerprint density at radius 2 is 2.33 bits per heavy atom. The minimum Gasteiger partial charge on any atom is -0.337 e. The molecular formula is C13H16ClFN2O. The zero-order valence-electron chi connectivity index (χ0n) is 10.2. The van der Waals surface area contributed by atoms with E-state index in [9.17, 15) is 9.18 Å². The van der Waals surface area contributed by atoms with E-state index in [4.69, 9.17) is 11.6 Å². The Morgan fingerprint density at radius 1 is 1.56 bits per heavy atom. The Morgan fingerprint density at radius 3 is 3.06 bits per heavy atom. The average molecular weight is 271 g/mol. The highest BCUT2D eigenvalue weighted by molar-refractivity contribution is 6.31. The Balaban J connectivity index is 2.17. The van der Waals surface area contributed by atoms with Crippen molar-refractivity contribution in [3.05, 3.63) is 34.6 Å². The summed E-state index contributed by atoms with van der Waals surface area (Å²) in [4.78, 5) is 13.9. The van der Waals surface area contributed by atoms with E-state index in [1.807, 2.05) is 7.05 Å². The molecule has 1 unspecified atom stereocenters. The largest absolute Gasteiger partial charge is 0.337 e. The molecule has 1 aliphatic heterocycles. The highest BCUT2D eigenvalue weighted by Gasteiger charge is 2.25. The first-order chi connectivity index (χ1) is 8.61. The lowest BCUT2D eigenvalue weighted by atomic mass is 10.0. The van der Waals surface area contributed by atoms with E-state index in [1.54, 1.807) is 4.90 Å². The maximum Gasteiger partial charge on any atom is 0.256 e. The molecule has 98 valence electrons. The van der Waals surface area contributed by atoms with Gasteiger partial charge in [0.25, 0.3) is 5.91 Å². The number of halogens is 2. The third-order valence-corrected chi connectivity index (χ3v) is 3.51. The molecule has 0 aliphatic carbocycles. The lowest BCUT2D eigenvalue weighted by molar-refractivity contribution is 0.0693. The van der Waals surface area contributed by atoms with E-state index in [-0.39, 0.29) is 17.5 Å². The molecule has 1 saturated heterocycles. The average Bonchev–Trinajstić information content (AvgIpc) is 2.41. The molecule has 0 spiro atoms. The van der Waals surface area contributed by atoms with Crippen LogP contribution in [0.15, 0.2) is 18.2 Å². The van der Waals surface area contributed by atoms with Gasteiger partial charge in [-0.1, -0.05) is 11.6 Å². The van der Waals surface area contributed by atoms with Gasteiger partial charge in [-0.15, -0.1) is 0 Å². The van der Waals surface area contributed by atoms with E-state index < -0.39 is 5.82 Å². The molecule has 1 amide bonds. The Bertz CT molecular complexity index is 453. The second kappa shape index (κ2) is 5.67. The van der Waals surface area contributed by atoms with Gasteiger partial charge in [0.1, 0.15) is 5.82 Å². The summed E-state index contributed by atoms with van der Waals surface area (Å²) >= 11 is 5.81. The van der Waals surface area contributed by atoms with Crippen LogP contribution in [0.3, 0.4) is 0 Å². The minimum atomic E-state index is -0.518. The van der Waals surface area contributed by atoms with Gasteiger partial charge in [-0.2, -0.15) is 0 Å². The summed E-state index contributed by atoms with van der Waals surface area (Å²) in [6.45, 7) is 1.28. The molecule has 3 nitrogen and oxygen atoms in total. The monoisotopic (exact) mass is 270 g/mol. The number of rotatable bonds is 2. The van der Waals surface area contributed by atoms with E-state index >= 15 is 0 Å². The van der Waals surface area contributed by atoms with Crippen LogP contribution in [0.25, 0.3) is 0 Å². The van der Waals surface area contributed by atoms with Crippen molar-refractivity contribution in [2.45, 2.75) is 18.9 Å². The maximum atomic E-state index is 13.6. The highest BCUT2D eigenvalue weighted by atomic mass is 35.5. The molecule has 1 aliphatic rings. The highest BCUT2D eigenvalue weighted by Crippen LogP contribution is 2.19. The molecule has 5 heteroatoms. The fraction of sp³-hybridized carbons (Fsp3) is 0.462. The normalized spacial score (nSPS) is 19.9. The molecule has 1 atom stereocenters. The maximum absolute atomic E-state index is 13.6. The van der Waals surface area contributed by atoms with Gasteiger partial charge in [0.05, 0.1) is 5.56 Å². The molecular weight excluding hydrogens is 255 g/mol. The van der Waals surface area contributed by atoms with Crippen molar-refractivity contribution in [1.29, 1.82) is 0 Å². The van der Waals surface area contributed by atoms with Crippen LogP contribution in [0.4, 0.5) is 4.39 Å². The minimum absolute atomic E-state index is 0.0549. The van der Waals surface area contributed by atoms with Crippen molar-refractivity contribution in [2.75, 3.05) is 20.1 Å². The van der Waals surface area contributed by atoms with Gasteiger partial charge >= 0.3 is 0 Å². The standard InChI is InChI=1S/C13H16ClFN2O/c1-16-10-3-2-6-17(8-10)13(18)11-7-9(14)4-5-12(11)15/h4-5,7,10,16H,2-3,6,8H2,1H3. The topological polar surface area (TPSA) is 32.3 Å². The van der Waals surface area contributed by atoms with Crippen molar-refractivity contribution in [2.24, 2.45) is 0 Å². The molecule has 1 N–H and O–H groups in total. The summed E-state index contributed by atoms with van der Waals surface area (Å²) in [5, 5.41) is 3.53. The quantitative estimate of drug-likeness (QED) is 0.894. The van der Waals surface area contributed by atoms with Gasteiger partial charge in [0.2, 0.25) is 0 Å². The van der Waals surface area contributed by atoms with Crippen molar-refractivity contribution in [3.8, 4) is 0 Å². The first-order valence-corrected chi connectivity index (χ1v) is 6.41. The fourth-order valence-electron chi connectivity index (χ4n) is 2.23. The molecule has 1 heterocycles. The summed E-state index contributed by atoms with van der Waals surface area (Å²) in [6.07, 6.45) is 1.97. The van der Waals surface area contributed by atoms with Crippen molar-refractivity contribution in [3.63, 3.8) is 0 Å². The second-order valence-electron chi connectivity index (χ2n) is 4.50. The Hall–Kier alpha value is -1.13. The molecule has 0 bridgehead atoms. The number of hydrogen-bond acceptors (Lipinski definition) is 2. The predicted molar refractivity (Wildman–Crippen MR) is 69.4 cm³/mol. The lowest BCUT2D eigenvalue weighted by Crippen LogP contribution is -2.47. The molecule has 0 saturated carbocycles. The number of nitrogens with one attached hydrogen (secondary N) is 1. The molecule has 1 aromatic rings. The van der Waals surface area contributed by atoms with Gasteiger partial charge in [-0.05, 0) is 38.1 Å². The third-order valence-electron chi connectivity index (χ3n) is 3.28. The van der Waals surface area contributed by atoms with Gasteiger partial charge in [0.15, 0.2) is 0 Å². The van der Waals surface area contributed by atoms with Crippen molar-refractivity contribution >= 4 is 17.5 Å². The second-order valence-corrected chi connectivity index (χ2v) is 4.94. The molecule has 1 fully saturated rings. The number of carbonyl (C=O) groups is 1. The predicted octanol–water partition coefficient (Wildman–Crippen LogP) is 2.30. The van der Waals surface area contributed by atoms with Crippen LogP contribution in [-0.2, 0) is 0 Å². The number of likely N-dealkylation sites (tertiary alicyclic amines) is 1. The molecule has 0 aromatic heterocycles. The van der Waals surface area contributed by atoms with Crippen LogP contribution in [0.5, 0.6) is 0 Å². The van der Waals surface area contributed by atoms with Crippen LogP contribution in [0, 0.1) is 5.82 Å². The summed E-state index contributed by atoms with van der Waals surface area (Å²) in [7, 11) is 1.87. The zero-order chi connectivity index (χ0) is 13.1. The smallest absolute Gasteiger partial charge is 0.256 e. The Labute approximate surface area is 111 Å². The molecule has 1 aromatic carbocycles. The Kier molecular flexibility index (Phi) is 4.19. The lowest BCUT2D eigenvalue weighted by Gasteiger charge is -2.32. The van der Waals surface area contributed by atoms with E-state index in [2.05, 4.69) is 5.32 Å². The number of benzene rings is 1. The zero-order valence-corrected chi connectivity index (χ0v) is 11.0. The molecule has 2 rings (SSSR count). The van der Waals surface area contributed by atoms with E-state index in [0.29, 0.717) is 18.1 Å². The van der Waals surface area contributed by atoms with Crippen LogP contribution in [0.1, 0.15) is 23.2 Å². The van der Waals surface area contributed by atoms with Gasteiger partial charge in [-0.3, -0.25) is 4.79 Å². The first-order valence-electron chi connectivity index (χ1n) is 6.03. The van der Waals surface area contributed by atoms with Gasteiger partial charge < -0.3 is 10.2 Å². The van der Waals surface area contributed by atoms with Crippen molar-refractivity contribution < 1.29 is 9.18 Å². The van der Waals surface area contributed by atoms with Crippen LogP contribution in [-0.4, -0.2) is 37.0 Å². The number of likely N-dealkylation sites (N-methyl/N-ethyl adjacent to an activating group) is 1. The number of hydrogen-bond donors (Lipinski definition) is 1. The van der Waals surface area contributed by atoms with Crippen LogP contribution < -0.4 is 5.32 Å². The SMILES string of the molecule is CNC1CCCN(C(=O)c2cc(Cl)ccc2F)C1. The summed E-state index contributed by atoms with van der Waals surface area (Å²) < 4.78 is 13.6. The number of amides is 1. The summed E-state index contributed by atoms with van der Waals surface area (Å²) in [5.41, 5.74) is 0.0549. The molecule has 0 radical (unpaired) electrons. The van der Waals surface area contributed by atoms with Gasteiger partial charge in [-0.25, -0.2) is 4.39 Å².